The van der Waals surface area contributed by atoms with E-state index in [1.54, 1.807) is 6.07 Å². The molecule has 1 fully saturated rings. The average molecular weight is 220 g/mol. The molecule has 16 heavy (non-hydrogen) atoms. The van der Waals surface area contributed by atoms with Crippen LogP contribution >= 0.6 is 0 Å². The molecule has 0 aromatic heterocycles. The number of hydrogen-bond acceptors (Lipinski definition) is 3. The lowest BCUT2D eigenvalue weighted by atomic mass is 10.1. The van der Waals surface area contributed by atoms with E-state index in [1.165, 1.54) is 12.1 Å². The van der Waals surface area contributed by atoms with Crippen molar-refractivity contribution >= 4 is 5.69 Å². The standard InChI is InChI=1S/C12H13FN2O/c1-15(11-2-3-16-8-11)12-5-9(7-14)4-10(13)6-12/h4-6,11H,2-3,8H2,1H3. The Morgan fingerprint density at radius 1 is 1.50 bits per heavy atom. The van der Waals surface area contributed by atoms with Crippen LogP contribution < -0.4 is 4.90 Å². The van der Waals surface area contributed by atoms with E-state index < -0.39 is 0 Å². The van der Waals surface area contributed by atoms with Crippen LogP contribution in [0, 0.1) is 17.1 Å². The highest BCUT2D eigenvalue weighted by Crippen LogP contribution is 2.22. The van der Waals surface area contributed by atoms with Crippen molar-refractivity contribution in [1.82, 2.24) is 0 Å². The highest BCUT2D eigenvalue weighted by atomic mass is 19.1. The number of hydrogen-bond donors (Lipinski definition) is 0. The van der Waals surface area contributed by atoms with E-state index in [9.17, 15) is 4.39 Å². The van der Waals surface area contributed by atoms with Gasteiger partial charge in [-0.3, -0.25) is 0 Å². The molecular weight excluding hydrogens is 207 g/mol. The lowest BCUT2D eigenvalue weighted by Gasteiger charge is -2.25. The molecule has 1 heterocycles. The zero-order valence-corrected chi connectivity index (χ0v) is 9.11. The number of likely N-dealkylation sites (N-methyl/N-ethyl adjacent to an activating group) is 1. The first-order valence-corrected chi connectivity index (χ1v) is 5.22. The second kappa shape index (κ2) is 4.50. The first-order chi connectivity index (χ1) is 7.70. The summed E-state index contributed by atoms with van der Waals surface area (Å²) in [6.07, 6.45) is 0.939. The first kappa shape index (κ1) is 10.9. The molecule has 2 rings (SSSR count). The van der Waals surface area contributed by atoms with Crippen molar-refractivity contribution in [3.05, 3.63) is 29.6 Å². The van der Waals surface area contributed by atoms with E-state index in [0.717, 1.165) is 18.7 Å². The Bertz CT molecular complexity index is 422. The van der Waals surface area contributed by atoms with Crippen molar-refractivity contribution in [2.45, 2.75) is 12.5 Å². The molecule has 1 unspecified atom stereocenters. The summed E-state index contributed by atoms with van der Waals surface area (Å²) in [5.41, 5.74) is 1.08. The van der Waals surface area contributed by atoms with Crippen molar-refractivity contribution in [3.63, 3.8) is 0 Å². The predicted molar refractivity (Wildman–Crippen MR) is 58.7 cm³/mol. The van der Waals surface area contributed by atoms with Crippen LogP contribution in [0.15, 0.2) is 18.2 Å². The summed E-state index contributed by atoms with van der Waals surface area (Å²) in [7, 11) is 1.90. The van der Waals surface area contributed by atoms with Gasteiger partial charge in [-0.2, -0.15) is 5.26 Å². The van der Waals surface area contributed by atoms with Crippen LogP contribution in [0.25, 0.3) is 0 Å². The quantitative estimate of drug-likeness (QED) is 0.764. The Balaban J connectivity index is 2.25. The first-order valence-electron chi connectivity index (χ1n) is 5.22. The second-order valence-electron chi connectivity index (χ2n) is 3.94. The molecule has 4 heteroatoms. The van der Waals surface area contributed by atoms with Crippen molar-refractivity contribution in [2.75, 3.05) is 25.2 Å². The number of anilines is 1. The zero-order chi connectivity index (χ0) is 11.5. The Labute approximate surface area is 94.0 Å². The summed E-state index contributed by atoms with van der Waals surface area (Å²) in [6.45, 7) is 1.41. The van der Waals surface area contributed by atoms with Crippen LogP contribution in [0.1, 0.15) is 12.0 Å². The van der Waals surface area contributed by atoms with Gasteiger partial charge in [-0.1, -0.05) is 0 Å². The van der Waals surface area contributed by atoms with Gasteiger partial charge < -0.3 is 9.64 Å². The average Bonchev–Trinajstić information content (AvgIpc) is 2.80. The van der Waals surface area contributed by atoms with Gasteiger partial charge in [0.1, 0.15) is 5.82 Å². The molecule has 1 atom stereocenters. The Kier molecular flexibility index (Phi) is 3.07. The molecule has 0 radical (unpaired) electrons. The highest BCUT2D eigenvalue weighted by Gasteiger charge is 2.21. The third-order valence-corrected chi connectivity index (χ3v) is 2.87. The third-order valence-electron chi connectivity index (χ3n) is 2.87. The van der Waals surface area contributed by atoms with Crippen molar-refractivity contribution in [2.24, 2.45) is 0 Å². The largest absolute Gasteiger partial charge is 0.379 e. The molecule has 1 aliphatic rings. The van der Waals surface area contributed by atoms with Gasteiger partial charge in [0.05, 0.1) is 24.3 Å². The lowest BCUT2D eigenvalue weighted by Crippen LogP contribution is -2.31. The van der Waals surface area contributed by atoms with Gasteiger partial charge in [0.15, 0.2) is 0 Å². The Morgan fingerprint density at radius 2 is 2.31 bits per heavy atom. The summed E-state index contributed by atoms with van der Waals surface area (Å²) in [4.78, 5) is 1.97. The molecule has 3 nitrogen and oxygen atoms in total. The number of nitriles is 1. The summed E-state index contributed by atoms with van der Waals surface area (Å²) < 4.78 is 18.5. The van der Waals surface area contributed by atoms with Gasteiger partial charge in [-0.25, -0.2) is 4.39 Å². The van der Waals surface area contributed by atoms with Crippen molar-refractivity contribution in [1.29, 1.82) is 5.26 Å². The lowest BCUT2D eigenvalue weighted by molar-refractivity contribution is 0.193. The molecule has 1 aliphatic heterocycles. The minimum absolute atomic E-state index is 0.272. The van der Waals surface area contributed by atoms with Gasteiger partial charge >= 0.3 is 0 Å². The molecular formula is C12H13FN2O. The fraction of sp³-hybridized carbons (Fsp3) is 0.417. The van der Waals surface area contributed by atoms with E-state index in [-0.39, 0.29) is 11.9 Å². The second-order valence-corrected chi connectivity index (χ2v) is 3.94. The fourth-order valence-electron chi connectivity index (χ4n) is 1.88. The minimum atomic E-state index is -0.375. The van der Waals surface area contributed by atoms with Crippen LogP contribution in [0.2, 0.25) is 0 Å². The van der Waals surface area contributed by atoms with E-state index in [2.05, 4.69) is 0 Å². The van der Waals surface area contributed by atoms with Crippen LogP contribution in [0.5, 0.6) is 0 Å². The minimum Gasteiger partial charge on any atom is -0.379 e. The highest BCUT2D eigenvalue weighted by molar-refractivity contribution is 5.52. The maximum atomic E-state index is 13.3. The van der Waals surface area contributed by atoms with Gasteiger partial charge in [0.25, 0.3) is 0 Å². The van der Waals surface area contributed by atoms with Gasteiger partial charge in [-0.05, 0) is 24.6 Å². The maximum Gasteiger partial charge on any atom is 0.126 e. The SMILES string of the molecule is CN(c1cc(F)cc(C#N)c1)C1CCOC1. The molecule has 0 saturated carbocycles. The van der Waals surface area contributed by atoms with E-state index in [1.807, 2.05) is 18.0 Å². The molecule has 0 spiro atoms. The van der Waals surface area contributed by atoms with Crippen molar-refractivity contribution < 1.29 is 9.13 Å². The summed E-state index contributed by atoms with van der Waals surface area (Å²) in [5.74, 6) is -0.375. The van der Waals surface area contributed by atoms with Crippen LogP contribution in [0.3, 0.4) is 0 Å². The van der Waals surface area contributed by atoms with Crippen molar-refractivity contribution in [3.8, 4) is 6.07 Å². The molecule has 1 aromatic carbocycles. The molecule has 0 bridgehead atoms. The number of benzene rings is 1. The number of rotatable bonds is 2. The smallest absolute Gasteiger partial charge is 0.126 e. The number of ether oxygens (including phenoxy) is 1. The normalized spacial score (nSPS) is 19.4. The van der Waals surface area contributed by atoms with E-state index in [4.69, 9.17) is 10.00 Å². The predicted octanol–water partition coefficient (Wildman–Crippen LogP) is 1.92. The van der Waals surface area contributed by atoms with E-state index >= 15 is 0 Å². The van der Waals surface area contributed by atoms with Gasteiger partial charge in [0, 0.05) is 19.3 Å². The fourth-order valence-corrected chi connectivity index (χ4v) is 1.88. The summed E-state index contributed by atoms with van der Waals surface area (Å²) in [5, 5.41) is 8.77. The van der Waals surface area contributed by atoms with E-state index in [0.29, 0.717) is 12.2 Å². The molecule has 0 N–H and O–H groups in total. The maximum absolute atomic E-state index is 13.3. The molecule has 1 aromatic rings. The molecule has 1 saturated heterocycles. The third kappa shape index (κ3) is 2.15. The van der Waals surface area contributed by atoms with Crippen LogP contribution in [-0.4, -0.2) is 26.3 Å². The van der Waals surface area contributed by atoms with Crippen LogP contribution in [-0.2, 0) is 4.74 Å². The monoisotopic (exact) mass is 220 g/mol. The topological polar surface area (TPSA) is 36.3 Å². The number of halogens is 1. The number of nitrogens with zero attached hydrogens (tertiary/aromatic N) is 2. The Hall–Kier alpha value is -1.60. The van der Waals surface area contributed by atoms with Gasteiger partial charge in [0.2, 0.25) is 0 Å². The summed E-state index contributed by atoms with van der Waals surface area (Å²) in [6, 6.07) is 6.61. The molecule has 0 aliphatic carbocycles. The Morgan fingerprint density at radius 3 is 2.94 bits per heavy atom. The van der Waals surface area contributed by atoms with Gasteiger partial charge in [-0.15, -0.1) is 0 Å². The molecule has 84 valence electrons. The molecule has 0 amide bonds. The zero-order valence-electron chi connectivity index (χ0n) is 9.11. The van der Waals surface area contributed by atoms with Crippen LogP contribution in [0.4, 0.5) is 10.1 Å². The summed E-state index contributed by atoms with van der Waals surface area (Å²) >= 11 is 0.